The molecule has 2 aliphatic carbocycles. The van der Waals surface area contributed by atoms with Crippen LogP contribution in [0.15, 0.2) is 224 Å². The Bertz CT molecular complexity index is 4140. The monoisotopic (exact) mass is 911 g/mol. The van der Waals surface area contributed by atoms with Gasteiger partial charge in [-0.25, -0.2) is 15.0 Å². The van der Waals surface area contributed by atoms with E-state index in [-0.39, 0.29) is 0 Å². The van der Waals surface area contributed by atoms with E-state index in [1.54, 1.807) is 0 Å². The van der Waals surface area contributed by atoms with Crippen LogP contribution < -0.4 is 0 Å². The lowest BCUT2D eigenvalue weighted by Crippen LogP contribution is -2.26. The lowest BCUT2D eigenvalue weighted by molar-refractivity contribution is 0.803. The van der Waals surface area contributed by atoms with Crippen molar-refractivity contribution in [3.63, 3.8) is 0 Å². The molecule has 0 saturated heterocycles. The number of rotatable bonds is 5. The number of nitrogens with zero attached hydrogens (tertiary/aromatic N) is 3. The summed E-state index contributed by atoms with van der Waals surface area (Å²) in [5, 5.41) is 5.29. The lowest BCUT2D eigenvalue weighted by atomic mass is 9.69. The second-order valence-corrected chi connectivity index (χ2v) is 20.4. The summed E-state index contributed by atoms with van der Waals surface area (Å²) in [6.45, 7) is 0. The molecule has 5 heteroatoms. The molecule has 0 bridgehead atoms. The van der Waals surface area contributed by atoms with Crippen LogP contribution in [0.1, 0.15) is 22.3 Å². The third-order valence-electron chi connectivity index (χ3n) is 14.5. The Labute approximate surface area is 406 Å². The summed E-state index contributed by atoms with van der Waals surface area (Å²) in [6.07, 6.45) is 0. The van der Waals surface area contributed by atoms with E-state index in [4.69, 9.17) is 15.0 Å². The molecule has 0 atom stereocenters. The highest BCUT2D eigenvalue weighted by Crippen LogP contribution is 2.66. The van der Waals surface area contributed by atoms with Gasteiger partial charge in [0.2, 0.25) is 0 Å². The minimum Gasteiger partial charge on any atom is -0.208 e. The molecule has 0 fully saturated rings. The molecule has 2 aliphatic rings. The molecule has 0 radical (unpaired) electrons. The molecular weight excluding hydrogens is 875 g/mol. The fraction of sp³-hybridized carbons (Fsp3) is 0.0156. The Morgan fingerprint density at radius 2 is 0.812 bits per heavy atom. The van der Waals surface area contributed by atoms with Crippen molar-refractivity contribution in [3.05, 3.63) is 247 Å². The van der Waals surface area contributed by atoms with E-state index in [1.165, 1.54) is 84.9 Å². The fourth-order valence-electron chi connectivity index (χ4n) is 11.6. The standard InChI is InChI=1S/C64H37N3S2/c1-4-16-38(17-5-1)42-32-43(34-44(33-42)63-66-61(39-18-6-2-7-19-39)65-62(67-63)40-20-8-3-9-21-40)41-28-29-49-57(35-41)69-56-31-30-48-50-36-51-47-24-12-15-27-55(47)68-58(51)37-54(50)64(60(48)59(49)56)52-25-13-10-22-45(52)46-23-11-14-26-53(46)64/h1-37H. The maximum absolute atomic E-state index is 5.17. The van der Waals surface area contributed by atoms with E-state index in [2.05, 4.69) is 188 Å². The summed E-state index contributed by atoms with van der Waals surface area (Å²) in [5.41, 5.74) is 17.7. The molecule has 0 aliphatic heterocycles. The summed E-state index contributed by atoms with van der Waals surface area (Å²) < 4.78 is 5.23. The van der Waals surface area contributed by atoms with Gasteiger partial charge in [-0.3, -0.25) is 0 Å². The summed E-state index contributed by atoms with van der Waals surface area (Å²) in [7, 11) is 0. The van der Waals surface area contributed by atoms with E-state index < -0.39 is 5.41 Å². The normalized spacial score (nSPS) is 13.0. The maximum Gasteiger partial charge on any atom is 0.164 e. The largest absolute Gasteiger partial charge is 0.208 e. The van der Waals surface area contributed by atoms with E-state index in [0.717, 1.165) is 38.9 Å². The first-order valence-corrected chi connectivity index (χ1v) is 25.0. The molecular formula is C64H37N3S2. The van der Waals surface area contributed by atoms with Gasteiger partial charge >= 0.3 is 0 Å². The fourth-order valence-corrected chi connectivity index (χ4v) is 13.8. The van der Waals surface area contributed by atoms with Crippen LogP contribution >= 0.6 is 22.7 Å². The highest BCUT2D eigenvalue weighted by Gasteiger charge is 2.53. The number of aromatic nitrogens is 3. The van der Waals surface area contributed by atoms with E-state index >= 15 is 0 Å². The third-order valence-corrected chi connectivity index (χ3v) is 16.8. The molecule has 10 aromatic carbocycles. The van der Waals surface area contributed by atoms with Gasteiger partial charge in [0.05, 0.1) is 5.41 Å². The Morgan fingerprint density at radius 3 is 1.49 bits per heavy atom. The molecule has 3 nitrogen and oxygen atoms in total. The Morgan fingerprint density at radius 1 is 0.275 bits per heavy atom. The van der Waals surface area contributed by atoms with E-state index in [0.29, 0.717) is 17.5 Å². The van der Waals surface area contributed by atoms with Gasteiger partial charge in [-0.1, -0.05) is 176 Å². The van der Waals surface area contributed by atoms with Gasteiger partial charge in [0.25, 0.3) is 0 Å². The average Bonchev–Trinajstić information content (AvgIpc) is 4.15. The predicted octanol–water partition coefficient (Wildman–Crippen LogP) is 17.3. The molecule has 0 N–H and O–H groups in total. The first kappa shape index (κ1) is 38.7. The van der Waals surface area contributed by atoms with Gasteiger partial charge < -0.3 is 0 Å². The van der Waals surface area contributed by atoms with Crippen LogP contribution in [0, 0.1) is 0 Å². The van der Waals surface area contributed by atoms with Crippen LogP contribution in [0.3, 0.4) is 0 Å². The Hall–Kier alpha value is -8.35. The topological polar surface area (TPSA) is 38.7 Å². The molecule has 3 heterocycles. The minimum atomic E-state index is -0.477. The number of thiophene rings is 2. The lowest BCUT2D eigenvalue weighted by Gasteiger charge is -2.31. The van der Waals surface area contributed by atoms with Crippen LogP contribution in [-0.4, -0.2) is 15.0 Å². The van der Waals surface area contributed by atoms with Crippen molar-refractivity contribution in [1.82, 2.24) is 15.0 Å². The molecule has 13 aromatic rings. The molecule has 15 rings (SSSR count). The molecule has 69 heavy (non-hydrogen) atoms. The van der Waals surface area contributed by atoms with Gasteiger partial charge in [0.1, 0.15) is 0 Å². The second kappa shape index (κ2) is 14.8. The first-order chi connectivity index (χ1) is 34.2. The van der Waals surface area contributed by atoms with Crippen LogP contribution in [0.2, 0.25) is 0 Å². The van der Waals surface area contributed by atoms with Gasteiger partial charge in [0, 0.05) is 57.0 Å². The average molecular weight is 912 g/mol. The summed E-state index contributed by atoms with van der Waals surface area (Å²) in [4.78, 5) is 15.4. The van der Waals surface area contributed by atoms with Crippen LogP contribution in [0.5, 0.6) is 0 Å². The first-order valence-electron chi connectivity index (χ1n) is 23.4. The SMILES string of the molecule is c1ccc(-c2cc(-c3ccc4c(c3)sc3ccc5c(c34)C3(c4ccccc4-c4ccccc43)c3cc4sc6ccccc6c4cc3-5)cc(-c3nc(-c4ccccc4)nc(-c4ccccc4)n3)c2)cc1. The number of hydrogen-bond donors (Lipinski definition) is 0. The minimum absolute atomic E-state index is 0.477. The van der Waals surface area contributed by atoms with E-state index in [1.807, 2.05) is 59.1 Å². The molecule has 0 saturated carbocycles. The highest BCUT2D eigenvalue weighted by atomic mass is 32.1. The number of fused-ring (bicyclic) bond motifs is 17. The van der Waals surface area contributed by atoms with Crippen molar-refractivity contribution in [3.8, 4) is 78.7 Å². The quantitative estimate of drug-likeness (QED) is 0.173. The maximum atomic E-state index is 5.17. The third kappa shape index (κ3) is 5.69. The zero-order valence-corrected chi connectivity index (χ0v) is 38.7. The smallest absolute Gasteiger partial charge is 0.164 e. The molecule has 1 spiro atoms. The second-order valence-electron chi connectivity index (χ2n) is 18.2. The van der Waals surface area contributed by atoms with Crippen molar-refractivity contribution in [1.29, 1.82) is 0 Å². The molecule has 3 aromatic heterocycles. The summed E-state index contributed by atoms with van der Waals surface area (Å²) in [5.74, 6) is 1.92. The number of benzene rings is 10. The molecule has 0 amide bonds. The van der Waals surface area contributed by atoms with Crippen molar-refractivity contribution in [2.24, 2.45) is 0 Å². The summed E-state index contributed by atoms with van der Waals surface area (Å²) >= 11 is 3.80. The van der Waals surface area contributed by atoms with E-state index in [9.17, 15) is 0 Å². The predicted molar refractivity (Wildman–Crippen MR) is 289 cm³/mol. The van der Waals surface area contributed by atoms with Crippen molar-refractivity contribution in [2.75, 3.05) is 0 Å². The van der Waals surface area contributed by atoms with Crippen LogP contribution in [0.4, 0.5) is 0 Å². The van der Waals surface area contributed by atoms with Crippen molar-refractivity contribution in [2.45, 2.75) is 5.41 Å². The highest BCUT2D eigenvalue weighted by molar-refractivity contribution is 7.26. The Kier molecular flexibility index (Phi) is 8.32. The summed E-state index contributed by atoms with van der Waals surface area (Å²) in [6, 6.07) is 82.0. The van der Waals surface area contributed by atoms with Crippen molar-refractivity contribution >= 4 is 63.0 Å². The zero-order chi connectivity index (χ0) is 45.2. The van der Waals surface area contributed by atoms with Gasteiger partial charge in [-0.05, 0) is 115 Å². The molecule has 0 unspecified atom stereocenters. The Balaban J connectivity index is 0.960. The molecule has 320 valence electrons. The number of hydrogen-bond acceptors (Lipinski definition) is 5. The van der Waals surface area contributed by atoms with Gasteiger partial charge in [-0.15, -0.1) is 22.7 Å². The van der Waals surface area contributed by atoms with Crippen LogP contribution in [-0.2, 0) is 5.41 Å². The van der Waals surface area contributed by atoms with Crippen molar-refractivity contribution < 1.29 is 0 Å². The van der Waals surface area contributed by atoms with Gasteiger partial charge in [-0.2, -0.15) is 0 Å². The van der Waals surface area contributed by atoms with Gasteiger partial charge in [0.15, 0.2) is 17.5 Å². The van der Waals surface area contributed by atoms with Crippen LogP contribution in [0.25, 0.3) is 119 Å². The zero-order valence-electron chi connectivity index (χ0n) is 37.0.